The van der Waals surface area contributed by atoms with Crippen molar-refractivity contribution in [2.45, 2.75) is 13.8 Å². The van der Waals surface area contributed by atoms with E-state index < -0.39 is 0 Å². The molecule has 29 heavy (non-hydrogen) atoms. The van der Waals surface area contributed by atoms with Crippen molar-refractivity contribution < 1.29 is 9.18 Å². The Morgan fingerprint density at radius 3 is 2.31 bits per heavy atom. The van der Waals surface area contributed by atoms with Gasteiger partial charge in [-0.3, -0.25) is 10.1 Å². The molecule has 0 radical (unpaired) electrons. The van der Waals surface area contributed by atoms with Gasteiger partial charge in [-0.05, 0) is 54.8 Å². The number of thiazole rings is 1. The van der Waals surface area contributed by atoms with Crippen molar-refractivity contribution >= 4 is 22.4 Å². The third kappa shape index (κ3) is 4.10. The van der Waals surface area contributed by atoms with Gasteiger partial charge in [-0.2, -0.15) is 0 Å². The van der Waals surface area contributed by atoms with Gasteiger partial charge in [0.2, 0.25) is 0 Å². The SMILES string of the molecule is Cc1ccc(-c2sc(NC(=O)c3ccc(F)cc3)nc2-c2ccccc2)cc1C. The maximum Gasteiger partial charge on any atom is 0.257 e. The molecule has 0 fully saturated rings. The summed E-state index contributed by atoms with van der Waals surface area (Å²) >= 11 is 1.43. The second-order valence-corrected chi connectivity index (χ2v) is 7.82. The van der Waals surface area contributed by atoms with E-state index in [4.69, 9.17) is 4.98 Å². The zero-order valence-electron chi connectivity index (χ0n) is 16.1. The number of anilines is 1. The Hall–Kier alpha value is -3.31. The van der Waals surface area contributed by atoms with Crippen LogP contribution in [0.1, 0.15) is 21.5 Å². The van der Waals surface area contributed by atoms with Crippen molar-refractivity contribution in [3.8, 4) is 21.7 Å². The highest BCUT2D eigenvalue weighted by molar-refractivity contribution is 7.19. The fraction of sp³-hybridized carbons (Fsp3) is 0.0833. The minimum atomic E-state index is -0.376. The number of rotatable bonds is 4. The normalized spacial score (nSPS) is 10.7. The summed E-state index contributed by atoms with van der Waals surface area (Å²) in [6.45, 7) is 4.16. The van der Waals surface area contributed by atoms with E-state index in [1.807, 2.05) is 30.3 Å². The molecule has 0 unspecified atom stereocenters. The van der Waals surface area contributed by atoms with Crippen molar-refractivity contribution in [2.75, 3.05) is 5.32 Å². The molecule has 0 saturated heterocycles. The van der Waals surface area contributed by atoms with Gasteiger partial charge in [0, 0.05) is 11.1 Å². The molecular weight excluding hydrogens is 383 g/mol. The van der Waals surface area contributed by atoms with Crippen molar-refractivity contribution in [2.24, 2.45) is 0 Å². The number of amides is 1. The minimum Gasteiger partial charge on any atom is -0.298 e. The van der Waals surface area contributed by atoms with E-state index in [9.17, 15) is 9.18 Å². The number of carbonyl (C=O) groups excluding carboxylic acids is 1. The van der Waals surface area contributed by atoms with Crippen LogP contribution in [0.15, 0.2) is 72.8 Å². The first-order chi connectivity index (χ1) is 14.0. The van der Waals surface area contributed by atoms with Crippen molar-refractivity contribution in [3.63, 3.8) is 0 Å². The quantitative estimate of drug-likeness (QED) is 0.424. The highest BCUT2D eigenvalue weighted by Crippen LogP contribution is 2.39. The Kier molecular flexibility index (Phi) is 5.23. The Labute approximate surface area is 172 Å². The Bertz CT molecular complexity index is 1170. The summed E-state index contributed by atoms with van der Waals surface area (Å²) < 4.78 is 13.1. The second kappa shape index (κ2) is 7.97. The fourth-order valence-corrected chi connectivity index (χ4v) is 3.99. The fourth-order valence-electron chi connectivity index (χ4n) is 3.01. The number of benzene rings is 3. The number of hydrogen-bond donors (Lipinski definition) is 1. The molecule has 0 bridgehead atoms. The Balaban J connectivity index is 1.74. The molecule has 1 amide bonds. The summed E-state index contributed by atoms with van der Waals surface area (Å²) in [6.07, 6.45) is 0. The van der Waals surface area contributed by atoms with Gasteiger partial charge in [0.05, 0.1) is 10.6 Å². The molecule has 0 aliphatic heterocycles. The minimum absolute atomic E-state index is 0.315. The monoisotopic (exact) mass is 402 g/mol. The van der Waals surface area contributed by atoms with Crippen LogP contribution in [-0.2, 0) is 0 Å². The van der Waals surface area contributed by atoms with E-state index in [1.54, 1.807) is 0 Å². The van der Waals surface area contributed by atoms with Crippen molar-refractivity contribution in [1.82, 2.24) is 4.98 Å². The maximum atomic E-state index is 13.1. The first kappa shape index (κ1) is 19.0. The molecule has 0 aliphatic rings. The molecule has 5 heteroatoms. The van der Waals surface area contributed by atoms with Gasteiger partial charge >= 0.3 is 0 Å². The van der Waals surface area contributed by atoms with Crippen molar-refractivity contribution in [3.05, 3.63) is 95.3 Å². The molecule has 3 nitrogen and oxygen atoms in total. The molecule has 1 N–H and O–H groups in total. The van der Waals surface area contributed by atoms with Crippen LogP contribution in [0.2, 0.25) is 0 Å². The number of carbonyl (C=O) groups is 1. The summed E-state index contributed by atoms with van der Waals surface area (Å²) in [5.41, 5.74) is 5.69. The van der Waals surface area contributed by atoms with Gasteiger partial charge in [-0.15, -0.1) is 0 Å². The molecule has 0 spiro atoms. The molecule has 144 valence electrons. The highest BCUT2D eigenvalue weighted by atomic mass is 32.1. The number of hydrogen-bond acceptors (Lipinski definition) is 3. The summed E-state index contributed by atoms with van der Waals surface area (Å²) in [4.78, 5) is 18.2. The Morgan fingerprint density at radius 2 is 1.62 bits per heavy atom. The van der Waals surface area contributed by atoms with Crippen LogP contribution in [0, 0.1) is 19.7 Å². The second-order valence-electron chi connectivity index (χ2n) is 6.82. The van der Waals surface area contributed by atoms with E-state index in [0.29, 0.717) is 10.7 Å². The standard InChI is InChI=1S/C24H19FN2OS/c1-15-8-9-19(14-16(15)2)22-21(17-6-4-3-5-7-17)26-24(29-22)27-23(28)18-10-12-20(25)13-11-18/h3-14H,1-2H3,(H,26,27,28). The van der Waals surface area contributed by atoms with Crippen LogP contribution in [0.4, 0.5) is 9.52 Å². The molecule has 4 rings (SSSR count). The molecule has 1 heterocycles. The van der Waals surface area contributed by atoms with Gasteiger partial charge < -0.3 is 0 Å². The zero-order valence-corrected chi connectivity index (χ0v) is 16.9. The lowest BCUT2D eigenvalue weighted by atomic mass is 10.0. The average Bonchev–Trinajstić information content (AvgIpc) is 3.15. The maximum absolute atomic E-state index is 13.1. The lowest BCUT2D eigenvalue weighted by molar-refractivity contribution is 0.102. The number of nitrogens with zero attached hydrogens (tertiary/aromatic N) is 1. The number of nitrogens with one attached hydrogen (secondary N) is 1. The van der Waals surface area contributed by atoms with E-state index in [1.165, 1.54) is 46.7 Å². The van der Waals surface area contributed by atoms with Crippen LogP contribution in [0.25, 0.3) is 21.7 Å². The summed E-state index contributed by atoms with van der Waals surface area (Å²) in [5, 5.41) is 3.36. The van der Waals surface area contributed by atoms with Crippen molar-refractivity contribution in [1.29, 1.82) is 0 Å². The summed E-state index contributed by atoms with van der Waals surface area (Å²) in [6, 6.07) is 21.7. The third-order valence-corrected chi connectivity index (χ3v) is 5.79. The first-order valence-electron chi connectivity index (χ1n) is 9.22. The van der Waals surface area contributed by atoms with Crippen LogP contribution >= 0.6 is 11.3 Å². The van der Waals surface area contributed by atoms with E-state index in [0.717, 1.165) is 21.7 Å². The van der Waals surface area contributed by atoms with Crippen LogP contribution < -0.4 is 5.32 Å². The highest BCUT2D eigenvalue weighted by Gasteiger charge is 2.17. The van der Waals surface area contributed by atoms with Gasteiger partial charge in [0.25, 0.3) is 5.91 Å². The first-order valence-corrected chi connectivity index (χ1v) is 10.0. The van der Waals surface area contributed by atoms with E-state index in [2.05, 4.69) is 37.4 Å². The van der Waals surface area contributed by atoms with Crippen LogP contribution in [0.5, 0.6) is 0 Å². The van der Waals surface area contributed by atoms with Gasteiger partial charge in [0.15, 0.2) is 5.13 Å². The third-order valence-electron chi connectivity index (χ3n) is 4.77. The molecule has 0 atom stereocenters. The largest absolute Gasteiger partial charge is 0.298 e. The van der Waals surface area contributed by atoms with E-state index >= 15 is 0 Å². The summed E-state index contributed by atoms with van der Waals surface area (Å²) in [7, 11) is 0. The predicted molar refractivity (Wildman–Crippen MR) is 117 cm³/mol. The lowest BCUT2D eigenvalue weighted by Crippen LogP contribution is -2.11. The molecule has 0 saturated carbocycles. The van der Waals surface area contributed by atoms with Gasteiger partial charge in [-0.1, -0.05) is 59.9 Å². The molecule has 0 aliphatic carbocycles. The number of aryl methyl sites for hydroxylation is 2. The predicted octanol–water partition coefficient (Wildman–Crippen LogP) is 6.49. The lowest BCUT2D eigenvalue weighted by Gasteiger charge is -2.05. The molecule has 1 aromatic heterocycles. The van der Waals surface area contributed by atoms with Crippen LogP contribution in [0.3, 0.4) is 0 Å². The molecule has 4 aromatic rings. The summed E-state index contributed by atoms with van der Waals surface area (Å²) in [5.74, 6) is -0.691. The smallest absolute Gasteiger partial charge is 0.257 e. The zero-order chi connectivity index (χ0) is 20.4. The van der Waals surface area contributed by atoms with Gasteiger partial charge in [0.1, 0.15) is 5.82 Å². The molecular formula is C24H19FN2OS. The average molecular weight is 402 g/mol. The Morgan fingerprint density at radius 1 is 0.897 bits per heavy atom. The number of halogens is 1. The topological polar surface area (TPSA) is 42.0 Å². The molecule has 3 aromatic carbocycles. The van der Waals surface area contributed by atoms with Crippen LogP contribution in [-0.4, -0.2) is 10.9 Å². The number of aromatic nitrogens is 1. The van der Waals surface area contributed by atoms with Gasteiger partial charge in [-0.25, -0.2) is 9.37 Å². The van der Waals surface area contributed by atoms with E-state index in [-0.39, 0.29) is 11.7 Å².